The summed E-state index contributed by atoms with van der Waals surface area (Å²) >= 11 is 0. The first-order valence-corrected chi connectivity index (χ1v) is 10.8. The van der Waals surface area contributed by atoms with E-state index >= 15 is 0 Å². The lowest BCUT2D eigenvalue weighted by atomic mass is 10.1. The normalized spacial score (nSPS) is 22.8. The second kappa shape index (κ2) is 10.1. The SMILES string of the molecule is C#CCCCSSCO[C@@H]1C[C@H](n2cc(C)c(=O)[nH]c2=O)O[C@@H]1CC. The highest BCUT2D eigenvalue weighted by molar-refractivity contribution is 8.76. The van der Waals surface area contributed by atoms with Crippen LogP contribution in [0.15, 0.2) is 15.8 Å². The highest BCUT2D eigenvalue weighted by atomic mass is 33.1. The summed E-state index contributed by atoms with van der Waals surface area (Å²) in [5.41, 5.74) is -0.327. The summed E-state index contributed by atoms with van der Waals surface area (Å²) in [6.45, 7) is 3.70. The predicted molar refractivity (Wildman–Crippen MR) is 103 cm³/mol. The second-order valence-corrected chi connectivity index (χ2v) is 8.35. The van der Waals surface area contributed by atoms with E-state index < -0.39 is 11.9 Å². The summed E-state index contributed by atoms with van der Waals surface area (Å²) < 4.78 is 13.4. The van der Waals surface area contributed by atoms with E-state index in [0.29, 0.717) is 17.9 Å². The van der Waals surface area contributed by atoms with Crippen molar-refractivity contribution in [2.75, 3.05) is 11.7 Å². The summed E-state index contributed by atoms with van der Waals surface area (Å²) in [5.74, 6) is 4.20. The van der Waals surface area contributed by atoms with Gasteiger partial charge in [-0.25, -0.2) is 4.79 Å². The number of aryl methyl sites for hydroxylation is 1. The van der Waals surface area contributed by atoms with Gasteiger partial charge in [0, 0.05) is 30.4 Å². The molecule has 8 heteroatoms. The largest absolute Gasteiger partial charge is 0.364 e. The molecule has 0 amide bonds. The van der Waals surface area contributed by atoms with Crippen molar-refractivity contribution in [3.8, 4) is 12.3 Å². The van der Waals surface area contributed by atoms with Crippen molar-refractivity contribution in [3.05, 3.63) is 32.6 Å². The Morgan fingerprint density at radius 2 is 2.28 bits per heavy atom. The molecule has 2 heterocycles. The van der Waals surface area contributed by atoms with E-state index in [2.05, 4.69) is 10.9 Å². The van der Waals surface area contributed by atoms with Crippen molar-refractivity contribution in [1.82, 2.24) is 9.55 Å². The van der Waals surface area contributed by atoms with Crippen LogP contribution in [0.3, 0.4) is 0 Å². The highest BCUT2D eigenvalue weighted by Gasteiger charge is 2.36. The molecule has 3 atom stereocenters. The Kier molecular flexibility index (Phi) is 8.16. The average Bonchev–Trinajstić information content (AvgIpc) is 3.00. The van der Waals surface area contributed by atoms with Gasteiger partial charge in [0.05, 0.1) is 12.2 Å². The van der Waals surface area contributed by atoms with Gasteiger partial charge in [-0.3, -0.25) is 14.3 Å². The topological polar surface area (TPSA) is 73.3 Å². The maximum atomic E-state index is 12.0. The molecule has 0 saturated carbocycles. The smallest absolute Gasteiger partial charge is 0.330 e. The van der Waals surface area contributed by atoms with E-state index in [9.17, 15) is 9.59 Å². The lowest BCUT2D eigenvalue weighted by Gasteiger charge is -2.16. The molecule has 138 valence electrons. The summed E-state index contributed by atoms with van der Waals surface area (Å²) in [7, 11) is 3.41. The van der Waals surface area contributed by atoms with Crippen LogP contribution < -0.4 is 11.2 Å². The zero-order valence-electron chi connectivity index (χ0n) is 14.5. The van der Waals surface area contributed by atoms with Gasteiger partial charge < -0.3 is 9.47 Å². The summed E-state index contributed by atoms with van der Waals surface area (Å²) in [4.78, 5) is 25.9. The first kappa shape index (κ1) is 20.2. The van der Waals surface area contributed by atoms with E-state index in [1.54, 1.807) is 34.7 Å². The number of aromatic nitrogens is 2. The Labute approximate surface area is 155 Å². The molecule has 1 saturated heterocycles. The molecular formula is C17H24N2O4S2. The van der Waals surface area contributed by atoms with Crippen molar-refractivity contribution in [1.29, 1.82) is 0 Å². The number of aromatic amines is 1. The molecule has 6 nitrogen and oxygen atoms in total. The van der Waals surface area contributed by atoms with Crippen molar-refractivity contribution in [3.63, 3.8) is 0 Å². The number of terminal acetylenes is 1. The van der Waals surface area contributed by atoms with Crippen molar-refractivity contribution in [2.24, 2.45) is 0 Å². The molecular weight excluding hydrogens is 360 g/mol. The van der Waals surface area contributed by atoms with Gasteiger partial charge in [0.15, 0.2) is 0 Å². The third-order valence-corrected chi connectivity index (χ3v) is 6.14. The molecule has 2 rings (SSSR count). The molecule has 0 aromatic carbocycles. The van der Waals surface area contributed by atoms with Crippen molar-refractivity contribution < 1.29 is 9.47 Å². The van der Waals surface area contributed by atoms with E-state index in [4.69, 9.17) is 15.9 Å². The number of nitrogens with one attached hydrogen (secondary N) is 1. The van der Waals surface area contributed by atoms with Crippen LogP contribution >= 0.6 is 21.6 Å². The van der Waals surface area contributed by atoms with Crippen LogP contribution in [-0.4, -0.2) is 33.5 Å². The van der Waals surface area contributed by atoms with Gasteiger partial charge >= 0.3 is 5.69 Å². The minimum absolute atomic E-state index is 0.0591. The fourth-order valence-corrected chi connectivity index (χ4v) is 4.41. The van der Waals surface area contributed by atoms with Gasteiger partial charge in [-0.15, -0.1) is 12.3 Å². The van der Waals surface area contributed by atoms with Gasteiger partial charge in [-0.1, -0.05) is 28.5 Å². The molecule has 0 bridgehead atoms. The van der Waals surface area contributed by atoms with E-state index in [0.717, 1.165) is 25.0 Å². The standard InChI is InChI=1S/C17H24N2O4S2/c1-4-6-7-8-24-25-11-22-14-9-15(23-13(14)5-2)19-10-12(3)16(20)18-17(19)21/h1,10,13-15H,5-9,11H2,2-3H3,(H,18,20,21)/t13-,14-,15-/m1/s1. The fourth-order valence-electron chi connectivity index (χ4n) is 2.65. The summed E-state index contributed by atoms with van der Waals surface area (Å²) in [5, 5.41) is 0. The average molecular weight is 385 g/mol. The van der Waals surface area contributed by atoms with Crippen LogP contribution in [0.2, 0.25) is 0 Å². The molecule has 1 aromatic heterocycles. The number of ether oxygens (including phenoxy) is 2. The molecule has 1 N–H and O–H groups in total. The first-order chi connectivity index (χ1) is 12.1. The minimum Gasteiger partial charge on any atom is -0.364 e. The van der Waals surface area contributed by atoms with E-state index in [1.807, 2.05) is 6.92 Å². The van der Waals surface area contributed by atoms with Crippen molar-refractivity contribution >= 4 is 21.6 Å². The van der Waals surface area contributed by atoms with Crippen LogP contribution in [0.1, 0.15) is 44.4 Å². The number of rotatable bonds is 9. The summed E-state index contributed by atoms with van der Waals surface area (Å²) in [6, 6.07) is 0. The molecule has 0 radical (unpaired) electrons. The van der Waals surface area contributed by atoms with Crippen LogP contribution in [-0.2, 0) is 9.47 Å². The highest BCUT2D eigenvalue weighted by Crippen LogP contribution is 2.33. The van der Waals surface area contributed by atoms with Crippen LogP contribution in [0, 0.1) is 19.3 Å². The lowest BCUT2D eigenvalue weighted by Crippen LogP contribution is -2.33. The Hall–Kier alpha value is -1.14. The molecule has 0 aliphatic carbocycles. The van der Waals surface area contributed by atoms with Crippen LogP contribution in [0.4, 0.5) is 0 Å². The van der Waals surface area contributed by atoms with E-state index in [-0.39, 0.29) is 17.8 Å². The molecule has 1 aliphatic rings. The van der Waals surface area contributed by atoms with Crippen LogP contribution in [0.5, 0.6) is 0 Å². The maximum Gasteiger partial charge on any atom is 0.330 e. The molecule has 0 spiro atoms. The predicted octanol–water partition coefficient (Wildman–Crippen LogP) is 2.68. The van der Waals surface area contributed by atoms with E-state index in [1.165, 1.54) is 4.57 Å². The molecule has 1 fully saturated rings. The van der Waals surface area contributed by atoms with Gasteiger partial charge in [-0.2, -0.15) is 0 Å². The third kappa shape index (κ3) is 5.68. The summed E-state index contributed by atoms with van der Waals surface area (Å²) in [6.07, 6.45) is 9.45. The number of hydrogen-bond acceptors (Lipinski definition) is 6. The first-order valence-electron chi connectivity index (χ1n) is 8.33. The van der Waals surface area contributed by atoms with Gasteiger partial charge in [0.25, 0.3) is 5.56 Å². The Morgan fingerprint density at radius 3 is 3.00 bits per heavy atom. The molecule has 1 aliphatic heterocycles. The number of hydrogen-bond donors (Lipinski definition) is 1. The monoisotopic (exact) mass is 384 g/mol. The Morgan fingerprint density at radius 1 is 1.48 bits per heavy atom. The lowest BCUT2D eigenvalue weighted by molar-refractivity contribution is -0.0323. The van der Waals surface area contributed by atoms with Gasteiger partial charge in [-0.05, 0) is 19.8 Å². The Balaban J connectivity index is 1.88. The number of unbranched alkanes of at least 4 members (excludes halogenated alkanes) is 1. The molecule has 0 unspecified atom stereocenters. The van der Waals surface area contributed by atoms with Gasteiger partial charge in [0.2, 0.25) is 0 Å². The number of nitrogens with zero attached hydrogens (tertiary/aromatic N) is 1. The quantitative estimate of drug-likeness (QED) is 0.305. The second-order valence-electron chi connectivity index (χ2n) is 5.82. The van der Waals surface area contributed by atoms with Gasteiger partial charge in [0.1, 0.15) is 12.2 Å². The third-order valence-electron chi connectivity index (χ3n) is 4.00. The number of H-pyrrole nitrogens is 1. The zero-order chi connectivity index (χ0) is 18.2. The van der Waals surface area contributed by atoms with Crippen LogP contribution in [0.25, 0.3) is 0 Å². The van der Waals surface area contributed by atoms with Crippen molar-refractivity contribution in [2.45, 2.75) is 58.0 Å². The molecule has 1 aromatic rings. The minimum atomic E-state index is -0.449. The molecule has 25 heavy (non-hydrogen) atoms. The zero-order valence-corrected chi connectivity index (χ0v) is 16.2. The fraction of sp³-hybridized carbons (Fsp3) is 0.647. The maximum absolute atomic E-state index is 12.0. The Bertz CT molecular complexity index is 710.